The number of hydrogen-bond acceptors (Lipinski definition) is 5. The molecule has 1 rings (SSSR count). The zero-order valence-corrected chi connectivity index (χ0v) is 9.37. The number of esters is 2. The van der Waals surface area contributed by atoms with E-state index in [0.717, 1.165) is 5.56 Å². The van der Waals surface area contributed by atoms with Gasteiger partial charge in [-0.25, -0.2) is 0 Å². The Labute approximate surface area is 91.8 Å². The number of carbonyl (C=O) groups excluding carboxylic acids is 2. The van der Waals surface area contributed by atoms with E-state index in [1.807, 2.05) is 10.8 Å². The van der Waals surface area contributed by atoms with Gasteiger partial charge >= 0.3 is 11.9 Å². The van der Waals surface area contributed by atoms with Crippen molar-refractivity contribution >= 4 is 23.3 Å². The second-order valence-electron chi connectivity index (χ2n) is 2.91. The summed E-state index contributed by atoms with van der Waals surface area (Å²) < 4.78 is 9.17. The zero-order valence-electron chi connectivity index (χ0n) is 8.56. The van der Waals surface area contributed by atoms with Crippen molar-refractivity contribution in [1.82, 2.24) is 0 Å². The Balaban J connectivity index is 2.79. The van der Waals surface area contributed by atoms with Crippen LogP contribution in [-0.4, -0.2) is 26.2 Å². The molecule has 0 aromatic carbocycles. The van der Waals surface area contributed by atoms with Crippen LogP contribution >= 0.6 is 11.3 Å². The number of thiophene rings is 1. The summed E-state index contributed by atoms with van der Waals surface area (Å²) in [4.78, 5) is 22.5. The van der Waals surface area contributed by atoms with Gasteiger partial charge in [-0.2, -0.15) is 11.3 Å². The van der Waals surface area contributed by atoms with Gasteiger partial charge in [-0.05, 0) is 22.4 Å². The van der Waals surface area contributed by atoms with Gasteiger partial charge in [0, 0.05) is 0 Å². The number of rotatable bonds is 4. The number of methoxy groups -OCH3 is 2. The van der Waals surface area contributed by atoms with E-state index in [1.165, 1.54) is 25.6 Å². The highest BCUT2D eigenvalue weighted by Gasteiger charge is 2.25. The predicted molar refractivity (Wildman–Crippen MR) is 55.7 cm³/mol. The lowest BCUT2D eigenvalue weighted by Gasteiger charge is -2.11. The Hall–Kier alpha value is -1.36. The summed E-state index contributed by atoms with van der Waals surface area (Å²) in [5.74, 6) is -1.40. The van der Waals surface area contributed by atoms with Crippen LogP contribution in [0.25, 0.3) is 0 Å². The van der Waals surface area contributed by atoms with E-state index in [2.05, 4.69) is 9.47 Å². The van der Waals surface area contributed by atoms with Crippen LogP contribution in [0.2, 0.25) is 0 Å². The number of ether oxygens (including phenoxy) is 2. The van der Waals surface area contributed by atoms with Crippen molar-refractivity contribution in [2.45, 2.75) is 12.3 Å². The van der Waals surface area contributed by atoms with Gasteiger partial charge in [0.05, 0.1) is 26.6 Å². The molecule has 1 atom stereocenters. The topological polar surface area (TPSA) is 52.6 Å². The molecule has 82 valence electrons. The minimum absolute atomic E-state index is 0.0138. The molecule has 0 radical (unpaired) electrons. The molecule has 1 unspecified atom stereocenters. The Kier molecular flexibility index (Phi) is 4.30. The highest BCUT2D eigenvalue weighted by molar-refractivity contribution is 7.08. The first-order chi connectivity index (χ1) is 7.19. The molecule has 1 heterocycles. The van der Waals surface area contributed by atoms with Gasteiger partial charge in [-0.15, -0.1) is 0 Å². The minimum Gasteiger partial charge on any atom is -0.469 e. The molecule has 0 bridgehead atoms. The van der Waals surface area contributed by atoms with E-state index in [9.17, 15) is 9.59 Å². The second-order valence-corrected chi connectivity index (χ2v) is 3.69. The molecule has 0 aliphatic rings. The SMILES string of the molecule is COC(=O)CC(C(=O)OC)c1ccsc1. The summed E-state index contributed by atoms with van der Waals surface area (Å²) in [7, 11) is 2.60. The van der Waals surface area contributed by atoms with Gasteiger partial charge in [0.2, 0.25) is 0 Å². The van der Waals surface area contributed by atoms with Crippen LogP contribution in [0.4, 0.5) is 0 Å². The van der Waals surface area contributed by atoms with E-state index in [-0.39, 0.29) is 6.42 Å². The van der Waals surface area contributed by atoms with Crippen molar-refractivity contribution in [2.75, 3.05) is 14.2 Å². The van der Waals surface area contributed by atoms with E-state index in [0.29, 0.717) is 0 Å². The lowest BCUT2D eigenvalue weighted by atomic mass is 9.99. The summed E-state index contributed by atoms with van der Waals surface area (Å²) >= 11 is 1.47. The second kappa shape index (κ2) is 5.50. The zero-order chi connectivity index (χ0) is 11.3. The third-order valence-corrected chi connectivity index (χ3v) is 2.73. The molecule has 0 saturated heterocycles. The average Bonchev–Trinajstić information content (AvgIpc) is 2.77. The maximum atomic E-state index is 11.4. The summed E-state index contributed by atoms with van der Waals surface area (Å²) in [6, 6.07) is 1.80. The molecule has 0 spiro atoms. The molecule has 0 fully saturated rings. The molecule has 0 saturated carbocycles. The molecule has 0 N–H and O–H groups in total. The molecule has 15 heavy (non-hydrogen) atoms. The van der Waals surface area contributed by atoms with E-state index < -0.39 is 17.9 Å². The summed E-state index contributed by atoms with van der Waals surface area (Å²) in [6.45, 7) is 0. The normalized spacial score (nSPS) is 11.9. The third-order valence-electron chi connectivity index (χ3n) is 2.03. The van der Waals surface area contributed by atoms with Crippen LogP contribution in [0.15, 0.2) is 16.8 Å². The van der Waals surface area contributed by atoms with Gasteiger partial charge < -0.3 is 9.47 Å². The maximum Gasteiger partial charge on any atom is 0.313 e. The van der Waals surface area contributed by atoms with E-state index >= 15 is 0 Å². The average molecular weight is 228 g/mol. The maximum absolute atomic E-state index is 11.4. The van der Waals surface area contributed by atoms with E-state index in [1.54, 1.807) is 6.07 Å². The van der Waals surface area contributed by atoms with Crippen LogP contribution in [0.1, 0.15) is 17.9 Å². The van der Waals surface area contributed by atoms with Gasteiger partial charge in [0.15, 0.2) is 0 Å². The number of hydrogen-bond donors (Lipinski definition) is 0. The van der Waals surface area contributed by atoms with Crippen molar-refractivity contribution in [1.29, 1.82) is 0 Å². The lowest BCUT2D eigenvalue weighted by Crippen LogP contribution is -2.18. The fraction of sp³-hybridized carbons (Fsp3) is 0.400. The Morgan fingerprint density at radius 2 is 2.13 bits per heavy atom. The summed E-state index contributed by atoms with van der Waals surface area (Å²) in [6.07, 6.45) is 0.0138. The molecular formula is C10H12O4S. The van der Waals surface area contributed by atoms with Gasteiger partial charge in [-0.1, -0.05) is 0 Å². The van der Waals surface area contributed by atoms with Crippen molar-refractivity contribution in [2.24, 2.45) is 0 Å². The fourth-order valence-corrected chi connectivity index (χ4v) is 1.92. The summed E-state index contributed by atoms with van der Waals surface area (Å²) in [5.41, 5.74) is 0.789. The van der Waals surface area contributed by atoms with E-state index in [4.69, 9.17) is 0 Å². The van der Waals surface area contributed by atoms with Crippen LogP contribution < -0.4 is 0 Å². The highest BCUT2D eigenvalue weighted by atomic mass is 32.1. The van der Waals surface area contributed by atoms with Crippen molar-refractivity contribution in [3.8, 4) is 0 Å². The van der Waals surface area contributed by atoms with Crippen LogP contribution in [-0.2, 0) is 19.1 Å². The molecule has 0 aliphatic heterocycles. The smallest absolute Gasteiger partial charge is 0.313 e. The third kappa shape index (κ3) is 3.06. The molecule has 4 nitrogen and oxygen atoms in total. The Bertz CT molecular complexity index is 331. The number of carbonyl (C=O) groups is 2. The van der Waals surface area contributed by atoms with Gasteiger partial charge in [0.25, 0.3) is 0 Å². The Morgan fingerprint density at radius 1 is 1.40 bits per heavy atom. The standard InChI is InChI=1S/C10H12O4S/c1-13-9(11)5-8(10(12)14-2)7-3-4-15-6-7/h3-4,6,8H,5H2,1-2H3. The van der Waals surface area contributed by atoms with Crippen molar-refractivity contribution < 1.29 is 19.1 Å². The first-order valence-electron chi connectivity index (χ1n) is 4.35. The highest BCUT2D eigenvalue weighted by Crippen LogP contribution is 2.23. The lowest BCUT2D eigenvalue weighted by molar-refractivity contribution is -0.149. The van der Waals surface area contributed by atoms with Crippen LogP contribution in [0, 0.1) is 0 Å². The van der Waals surface area contributed by atoms with Crippen molar-refractivity contribution in [3.05, 3.63) is 22.4 Å². The first-order valence-corrected chi connectivity index (χ1v) is 5.30. The monoisotopic (exact) mass is 228 g/mol. The van der Waals surface area contributed by atoms with Crippen LogP contribution in [0.3, 0.4) is 0 Å². The minimum atomic E-state index is -0.561. The largest absolute Gasteiger partial charge is 0.469 e. The fourth-order valence-electron chi connectivity index (χ4n) is 1.20. The first kappa shape index (κ1) is 11.7. The Morgan fingerprint density at radius 3 is 2.60 bits per heavy atom. The quantitative estimate of drug-likeness (QED) is 0.734. The molecule has 5 heteroatoms. The summed E-state index contributed by atoms with van der Waals surface area (Å²) in [5, 5.41) is 3.67. The molecular weight excluding hydrogens is 216 g/mol. The molecule has 1 aromatic rings. The predicted octanol–water partition coefficient (Wildman–Crippen LogP) is 1.57. The molecule has 0 aliphatic carbocycles. The van der Waals surface area contributed by atoms with Crippen LogP contribution in [0.5, 0.6) is 0 Å². The van der Waals surface area contributed by atoms with Gasteiger partial charge in [0.1, 0.15) is 0 Å². The molecule has 0 amide bonds. The van der Waals surface area contributed by atoms with Gasteiger partial charge in [-0.3, -0.25) is 9.59 Å². The van der Waals surface area contributed by atoms with Crippen molar-refractivity contribution in [3.63, 3.8) is 0 Å². The molecule has 1 aromatic heterocycles.